The lowest BCUT2D eigenvalue weighted by atomic mass is 10.1. The molecule has 1 fully saturated rings. The van der Waals surface area contributed by atoms with Crippen molar-refractivity contribution >= 4 is 5.91 Å². The van der Waals surface area contributed by atoms with E-state index in [1.165, 1.54) is 31.5 Å². The predicted molar refractivity (Wildman–Crippen MR) is 95.1 cm³/mol. The van der Waals surface area contributed by atoms with Gasteiger partial charge in [0, 0.05) is 31.6 Å². The highest BCUT2D eigenvalue weighted by molar-refractivity contribution is 5.94. The largest absolute Gasteiger partial charge is 0.329 e. The smallest absolute Gasteiger partial charge is 0.254 e. The highest BCUT2D eigenvalue weighted by Gasteiger charge is 2.25. The van der Waals surface area contributed by atoms with E-state index in [0.717, 1.165) is 36.7 Å². The summed E-state index contributed by atoms with van der Waals surface area (Å²) in [5, 5.41) is 8.48. The maximum atomic E-state index is 12.9. The maximum absolute atomic E-state index is 12.9. The number of likely N-dealkylation sites (tertiary alicyclic amines) is 1. The van der Waals surface area contributed by atoms with E-state index in [1.807, 2.05) is 17.0 Å². The van der Waals surface area contributed by atoms with Crippen LogP contribution >= 0.6 is 0 Å². The molecular formula is C19H25N5O. The molecule has 1 saturated heterocycles. The van der Waals surface area contributed by atoms with Crippen LogP contribution in [0.2, 0.25) is 0 Å². The third-order valence-electron chi connectivity index (χ3n) is 5.21. The number of hydrogen-bond donors (Lipinski definition) is 0. The number of rotatable bonds is 4. The molecule has 1 aromatic heterocycles. The molecule has 0 aliphatic carbocycles. The van der Waals surface area contributed by atoms with Gasteiger partial charge in [0.15, 0.2) is 5.82 Å². The van der Waals surface area contributed by atoms with Crippen LogP contribution < -0.4 is 0 Å². The monoisotopic (exact) mass is 339 g/mol. The second kappa shape index (κ2) is 6.96. The standard InChI is InChI=1S/C19H25N5O/c1-2-17-20-21-18-14-23(10-11-24(17)18)19(25)16-7-5-6-15(12-16)13-22-8-3-4-9-22/h5-7,12H,2-4,8-11,13-14H2,1H3. The number of amides is 1. The molecule has 0 N–H and O–H groups in total. The van der Waals surface area contributed by atoms with E-state index in [1.54, 1.807) is 0 Å². The van der Waals surface area contributed by atoms with Crippen molar-refractivity contribution in [3.8, 4) is 0 Å². The average Bonchev–Trinajstić information content (AvgIpc) is 3.30. The lowest BCUT2D eigenvalue weighted by molar-refractivity contribution is 0.0706. The Kier molecular flexibility index (Phi) is 4.53. The molecule has 3 heterocycles. The zero-order valence-electron chi connectivity index (χ0n) is 14.8. The van der Waals surface area contributed by atoms with Gasteiger partial charge in [0.05, 0.1) is 6.54 Å². The SMILES string of the molecule is CCc1nnc2n1CCN(C(=O)c1cccc(CN3CCCC3)c1)C2. The third-order valence-corrected chi connectivity index (χ3v) is 5.21. The summed E-state index contributed by atoms with van der Waals surface area (Å²) in [6.07, 6.45) is 3.44. The third kappa shape index (κ3) is 3.31. The number of nitrogens with zero attached hydrogens (tertiary/aromatic N) is 5. The molecule has 25 heavy (non-hydrogen) atoms. The van der Waals surface area contributed by atoms with Crippen molar-refractivity contribution in [2.45, 2.75) is 45.8 Å². The Hall–Kier alpha value is -2.21. The summed E-state index contributed by atoms with van der Waals surface area (Å²) in [5.41, 5.74) is 2.00. The lowest BCUT2D eigenvalue weighted by Gasteiger charge is -2.28. The topological polar surface area (TPSA) is 54.3 Å². The summed E-state index contributed by atoms with van der Waals surface area (Å²) < 4.78 is 2.15. The lowest BCUT2D eigenvalue weighted by Crippen LogP contribution is -2.38. The van der Waals surface area contributed by atoms with Crippen molar-refractivity contribution < 1.29 is 4.79 Å². The van der Waals surface area contributed by atoms with Crippen LogP contribution in [0.25, 0.3) is 0 Å². The van der Waals surface area contributed by atoms with Crippen molar-refractivity contribution in [2.24, 2.45) is 0 Å². The fourth-order valence-corrected chi connectivity index (χ4v) is 3.84. The Morgan fingerprint density at radius 2 is 1.96 bits per heavy atom. The molecule has 2 aliphatic heterocycles. The van der Waals surface area contributed by atoms with Crippen LogP contribution in [0.5, 0.6) is 0 Å². The van der Waals surface area contributed by atoms with E-state index < -0.39 is 0 Å². The van der Waals surface area contributed by atoms with Gasteiger partial charge in [-0.25, -0.2) is 0 Å². The summed E-state index contributed by atoms with van der Waals surface area (Å²) in [4.78, 5) is 17.3. The van der Waals surface area contributed by atoms with Crippen molar-refractivity contribution in [2.75, 3.05) is 19.6 Å². The van der Waals surface area contributed by atoms with Crippen LogP contribution in [0.15, 0.2) is 24.3 Å². The molecule has 132 valence electrons. The summed E-state index contributed by atoms with van der Waals surface area (Å²) >= 11 is 0. The highest BCUT2D eigenvalue weighted by Crippen LogP contribution is 2.18. The molecule has 0 spiro atoms. The second-order valence-electron chi connectivity index (χ2n) is 6.95. The van der Waals surface area contributed by atoms with E-state index in [-0.39, 0.29) is 5.91 Å². The molecule has 6 nitrogen and oxygen atoms in total. The Bertz CT molecular complexity index is 763. The molecule has 0 saturated carbocycles. The molecule has 0 radical (unpaired) electrons. The Morgan fingerprint density at radius 1 is 1.12 bits per heavy atom. The molecule has 0 atom stereocenters. The predicted octanol–water partition coefficient (Wildman–Crippen LogP) is 2.09. The molecule has 4 rings (SSSR count). The second-order valence-corrected chi connectivity index (χ2v) is 6.95. The summed E-state index contributed by atoms with van der Waals surface area (Å²) in [7, 11) is 0. The number of aromatic nitrogens is 3. The van der Waals surface area contributed by atoms with E-state index in [4.69, 9.17) is 0 Å². The van der Waals surface area contributed by atoms with Gasteiger partial charge in [-0.1, -0.05) is 19.1 Å². The zero-order chi connectivity index (χ0) is 17.2. The number of benzene rings is 1. The Labute approximate surface area is 148 Å². The van der Waals surface area contributed by atoms with Gasteiger partial charge in [-0.15, -0.1) is 10.2 Å². The average molecular weight is 339 g/mol. The van der Waals surface area contributed by atoms with Crippen LogP contribution in [-0.2, 0) is 26.1 Å². The first-order valence-corrected chi connectivity index (χ1v) is 9.26. The molecule has 0 unspecified atom stereocenters. The van der Waals surface area contributed by atoms with E-state index in [9.17, 15) is 4.79 Å². The van der Waals surface area contributed by atoms with Gasteiger partial charge < -0.3 is 9.47 Å². The van der Waals surface area contributed by atoms with Crippen molar-refractivity contribution in [1.82, 2.24) is 24.6 Å². The molecule has 2 aromatic rings. The minimum atomic E-state index is 0.0931. The molecule has 1 aromatic carbocycles. The summed E-state index contributed by atoms with van der Waals surface area (Å²) in [6, 6.07) is 8.10. The normalized spacial score (nSPS) is 17.7. The van der Waals surface area contributed by atoms with Gasteiger partial charge >= 0.3 is 0 Å². The van der Waals surface area contributed by atoms with Crippen LogP contribution in [-0.4, -0.2) is 50.1 Å². The first-order chi connectivity index (χ1) is 12.2. The van der Waals surface area contributed by atoms with Crippen molar-refractivity contribution in [1.29, 1.82) is 0 Å². The zero-order valence-corrected chi connectivity index (χ0v) is 14.8. The molecule has 1 amide bonds. The number of carbonyl (C=O) groups is 1. The molecular weight excluding hydrogens is 314 g/mol. The summed E-state index contributed by atoms with van der Waals surface area (Å²) in [6.45, 7) is 7.40. The van der Waals surface area contributed by atoms with E-state index in [0.29, 0.717) is 13.1 Å². The number of carbonyl (C=O) groups excluding carboxylic acids is 1. The first kappa shape index (κ1) is 16.3. The first-order valence-electron chi connectivity index (χ1n) is 9.26. The van der Waals surface area contributed by atoms with Gasteiger partial charge in [-0.2, -0.15) is 0 Å². The highest BCUT2D eigenvalue weighted by atomic mass is 16.2. The van der Waals surface area contributed by atoms with Crippen LogP contribution in [0.3, 0.4) is 0 Å². The number of hydrogen-bond acceptors (Lipinski definition) is 4. The van der Waals surface area contributed by atoms with Gasteiger partial charge in [-0.3, -0.25) is 9.69 Å². The van der Waals surface area contributed by atoms with Crippen LogP contribution in [0.1, 0.15) is 47.3 Å². The van der Waals surface area contributed by atoms with Crippen molar-refractivity contribution in [3.63, 3.8) is 0 Å². The molecule has 6 heteroatoms. The Balaban J connectivity index is 1.47. The maximum Gasteiger partial charge on any atom is 0.254 e. The van der Waals surface area contributed by atoms with Crippen LogP contribution in [0, 0.1) is 0 Å². The minimum Gasteiger partial charge on any atom is -0.329 e. The minimum absolute atomic E-state index is 0.0931. The van der Waals surface area contributed by atoms with Gasteiger partial charge in [0.25, 0.3) is 5.91 Å². The molecule has 2 aliphatic rings. The van der Waals surface area contributed by atoms with E-state index in [2.05, 4.69) is 38.7 Å². The number of aryl methyl sites for hydroxylation is 1. The quantitative estimate of drug-likeness (QED) is 0.856. The fraction of sp³-hybridized carbons (Fsp3) is 0.526. The van der Waals surface area contributed by atoms with Gasteiger partial charge in [0.1, 0.15) is 5.82 Å². The van der Waals surface area contributed by atoms with Crippen molar-refractivity contribution in [3.05, 3.63) is 47.0 Å². The Morgan fingerprint density at radius 3 is 2.76 bits per heavy atom. The summed E-state index contributed by atoms with van der Waals surface area (Å²) in [5.74, 6) is 2.00. The molecule has 0 bridgehead atoms. The van der Waals surface area contributed by atoms with Crippen LogP contribution in [0.4, 0.5) is 0 Å². The van der Waals surface area contributed by atoms with Gasteiger partial charge in [0.2, 0.25) is 0 Å². The van der Waals surface area contributed by atoms with Gasteiger partial charge in [-0.05, 0) is 43.6 Å². The number of fused-ring (bicyclic) bond motifs is 1. The van der Waals surface area contributed by atoms with E-state index >= 15 is 0 Å². The fourth-order valence-electron chi connectivity index (χ4n) is 3.84.